The summed E-state index contributed by atoms with van der Waals surface area (Å²) in [6, 6.07) is 22.0. The van der Waals surface area contributed by atoms with Crippen molar-refractivity contribution in [3.05, 3.63) is 94.5 Å². The maximum atomic E-state index is 13.5. The van der Waals surface area contributed by atoms with Crippen LogP contribution in [-0.2, 0) is 11.3 Å². The molecule has 0 spiro atoms. The van der Waals surface area contributed by atoms with Gasteiger partial charge in [-0.2, -0.15) is 5.10 Å². The predicted octanol–water partition coefficient (Wildman–Crippen LogP) is 3.99. The average molecular weight is 457 g/mol. The summed E-state index contributed by atoms with van der Waals surface area (Å²) in [6.07, 6.45) is 0.520. The van der Waals surface area contributed by atoms with Crippen molar-refractivity contribution in [1.29, 1.82) is 0 Å². The molecule has 0 aliphatic carbocycles. The molecule has 1 aliphatic rings. The van der Waals surface area contributed by atoms with Crippen LogP contribution in [0.1, 0.15) is 23.6 Å². The van der Waals surface area contributed by atoms with E-state index in [1.165, 1.54) is 9.58 Å². The Bertz CT molecular complexity index is 1440. The summed E-state index contributed by atoms with van der Waals surface area (Å²) in [5.74, 6) is 0.267. The molecule has 2 heterocycles. The highest BCUT2D eigenvalue weighted by Crippen LogP contribution is 2.37. The number of hydrazone groups is 1. The highest BCUT2D eigenvalue weighted by molar-refractivity contribution is 6.03. The average Bonchev–Trinajstić information content (AvgIpc) is 3.46. The van der Waals surface area contributed by atoms with Crippen LogP contribution >= 0.6 is 0 Å². The number of rotatable bonds is 6. The molecule has 8 nitrogen and oxygen atoms in total. The molecule has 1 aromatic heterocycles. The molecule has 5 rings (SSSR count). The number of oxazole rings is 1. The molecule has 34 heavy (non-hydrogen) atoms. The predicted molar refractivity (Wildman–Crippen MR) is 127 cm³/mol. The summed E-state index contributed by atoms with van der Waals surface area (Å²) in [6.45, 7) is -0.189. The minimum absolute atomic E-state index is 0.189. The molecule has 0 fully saturated rings. The number of benzene rings is 3. The first kappa shape index (κ1) is 21.5. The van der Waals surface area contributed by atoms with Gasteiger partial charge in [-0.05, 0) is 35.4 Å². The van der Waals surface area contributed by atoms with E-state index in [4.69, 9.17) is 13.9 Å². The fourth-order valence-corrected chi connectivity index (χ4v) is 4.24. The maximum Gasteiger partial charge on any atom is 0.420 e. The number of aromatic nitrogens is 1. The fraction of sp³-hybridized carbons (Fsp3) is 0.192. The standard InChI is InChI=1S/C26H23N3O5/c1-32-23-13-12-18(14-24(23)33-2)21-15-19(17-8-4-3-5-9-17)27-29(21)25(30)16-28-20-10-6-7-11-22(20)34-26(28)31/h3-14,21H,15-16H2,1-2H3. The second-order valence-corrected chi connectivity index (χ2v) is 7.91. The smallest absolute Gasteiger partial charge is 0.420 e. The summed E-state index contributed by atoms with van der Waals surface area (Å²) in [7, 11) is 3.15. The van der Waals surface area contributed by atoms with Gasteiger partial charge in [0.05, 0.1) is 31.5 Å². The first-order valence-electron chi connectivity index (χ1n) is 10.8. The lowest BCUT2D eigenvalue weighted by Gasteiger charge is -2.23. The van der Waals surface area contributed by atoms with Crippen molar-refractivity contribution < 1.29 is 18.7 Å². The van der Waals surface area contributed by atoms with Gasteiger partial charge in [-0.25, -0.2) is 9.80 Å². The van der Waals surface area contributed by atoms with Gasteiger partial charge in [-0.1, -0.05) is 48.5 Å². The minimum atomic E-state index is -0.580. The van der Waals surface area contributed by atoms with Gasteiger partial charge >= 0.3 is 5.76 Å². The summed E-state index contributed by atoms with van der Waals surface area (Å²) < 4.78 is 17.5. The van der Waals surface area contributed by atoms with Crippen molar-refractivity contribution in [2.24, 2.45) is 5.10 Å². The van der Waals surface area contributed by atoms with E-state index in [1.807, 2.05) is 48.5 Å². The number of methoxy groups -OCH3 is 2. The van der Waals surface area contributed by atoms with E-state index in [9.17, 15) is 9.59 Å². The molecule has 0 bridgehead atoms. The van der Waals surface area contributed by atoms with Gasteiger partial charge in [-0.3, -0.25) is 9.36 Å². The first-order valence-corrected chi connectivity index (χ1v) is 10.8. The van der Waals surface area contributed by atoms with Gasteiger partial charge in [0.2, 0.25) is 0 Å². The van der Waals surface area contributed by atoms with Gasteiger partial charge in [0.15, 0.2) is 17.1 Å². The van der Waals surface area contributed by atoms with E-state index >= 15 is 0 Å². The van der Waals surface area contributed by atoms with Crippen LogP contribution in [-0.4, -0.2) is 35.4 Å². The largest absolute Gasteiger partial charge is 0.493 e. The highest BCUT2D eigenvalue weighted by Gasteiger charge is 2.34. The summed E-state index contributed by atoms with van der Waals surface area (Å²) in [5.41, 5.74) is 3.58. The highest BCUT2D eigenvalue weighted by atomic mass is 16.5. The van der Waals surface area contributed by atoms with Crippen molar-refractivity contribution in [3.8, 4) is 11.5 Å². The maximum absolute atomic E-state index is 13.5. The number of carbonyl (C=O) groups is 1. The molecule has 1 aliphatic heterocycles. The first-order chi connectivity index (χ1) is 16.6. The number of fused-ring (bicyclic) bond motifs is 1. The number of para-hydroxylation sites is 2. The summed E-state index contributed by atoms with van der Waals surface area (Å²) in [4.78, 5) is 25.9. The Morgan fingerprint density at radius 1 is 1.00 bits per heavy atom. The van der Waals surface area contributed by atoms with Crippen LogP contribution in [0, 0.1) is 0 Å². The summed E-state index contributed by atoms with van der Waals surface area (Å²) in [5, 5.41) is 6.14. The molecule has 1 unspecified atom stereocenters. The SMILES string of the molecule is COc1ccc(C2CC(c3ccccc3)=NN2C(=O)Cn2c(=O)oc3ccccc32)cc1OC. The van der Waals surface area contributed by atoms with Crippen LogP contribution in [0.15, 0.2) is 87.1 Å². The molecule has 1 amide bonds. The molecule has 172 valence electrons. The zero-order chi connectivity index (χ0) is 23.7. The van der Waals surface area contributed by atoms with Crippen LogP contribution in [0.4, 0.5) is 0 Å². The number of nitrogens with zero attached hydrogens (tertiary/aromatic N) is 3. The van der Waals surface area contributed by atoms with Gasteiger partial charge < -0.3 is 13.9 Å². The summed E-state index contributed by atoms with van der Waals surface area (Å²) >= 11 is 0. The molecular formula is C26H23N3O5. The van der Waals surface area contributed by atoms with Crippen molar-refractivity contribution >= 4 is 22.7 Å². The second kappa shape index (κ2) is 8.90. The van der Waals surface area contributed by atoms with E-state index in [1.54, 1.807) is 38.5 Å². The van der Waals surface area contributed by atoms with Crippen LogP contribution in [0.5, 0.6) is 11.5 Å². The van der Waals surface area contributed by atoms with Crippen LogP contribution in [0.2, 0.25) is 0 Å². The molecule has 4 aromatic rings. The third-order valence-electron chi connectivity index (χ3n) is 5.93. The number of ether oxygens (including phenoxy) is 2. The third-order valence-corrected chi connectivity index (χ3v) is 5.93. The van der Waals surface area contributed by atoms with Gasteiger partial charge in [-0.15, -0.1) is 0 Å². The number of amides is 1. The molecule has 0 N–H and O–H groups in total. The van der Waals surface area contributed by atoms with E-state index in [0.717, 1.165) is 16.8 Å². The van der Waals surface area contributed by atoms with Gasteiger partial charge in [0.1, 0.15) is 6.54 Å². The molecule has 8 heteroatoms. The molecular weight excluding hydrogens is 434 g/mol. The molecule has 0 saturated heterocycles. The zero-order valence-corrected chi connectivity index (χ0v) is 18.8. The topological polar surface area (TPSA) is 86.3 Å². The Kier molecular flexibility index (Phi) is 5.63. The number of carbonyl (C=O) groups excluding carboxylic acids is 1. The quantitative estimate of drug-likeness (QED) is 0.437. The number of hydrogen-bond donors (Lipinski definition) is 0. The monoisotopic (exact) mass is 457 g/mol. The lowest BCUT2D eigenvalue weighted by Crippen LogP contribution is -2.32. The van der Waals surface area contributed by atoms with Crippen LogP contribution < -0.4 is 15.2 Å². The van der Waals surface area contributed by atoms with E-state index < -0.39 is 5.76 Å². The lowest BCUT2D eigenvalue weighted by atomic mass is 9.98. The zero-order valence-electron chi connectivity index (χ0n) is 18.8. The molecule has 1 atom stereocenters. The normalized spacial score (nSPS) is 15.4. The molecule has 3 aromatic carbocycles. The van der Waals surface area contributed by atoms with Crippen molar-refractivity contribution in [2.75, 3.05) is 14.2 Å². The van der Waals surface area contributed by atoms with Crippen molar-refractivity contribution in [3.63, 3.8) is 0 Å². The molecule has 0 radical (unpaired) electrons. The van der Waals surface area contributed by atoms with Crippen molar-refractivity contribution in [2.45, 2.75) is 19.0 Å². The fourth-order valence-electron chi connectivity index (χ4n) is 4.24. The Hall–Kier alpha value is -4.33. The van der Waals surface area contributed by atoms with Crippen LogP contribution in [0.3, 0.4) is 0 Å². The van der Waals surface area contributed by atoms with Crippen molar-refractivity contribution in [1.82, 2.24) is 9.58 Å². The van der Waals surface area contributed by atoms with Crippen LogP contribution in [0.25, 0.3) is 11.1 Å². The molecule has 0 saturated carbocycles. The number of hydrogen-bond acceptors (Lipinski definition) is 6. The second-order valence-electron chi connectivity index (χ2n) is 7.91. The van der Waals surface area contributed by atoms with Gasteiger partial charge in [0, 0.05) is 6.42 Å². The van der Waals surface area contributed by atoms with Gasteiger partial charge in [0.25, 0.3) is 5.91 Å². The Labute approximate surface area is 195 Å². The lowest BCUT2D eigenvalue weighted by molar-refractivity contribution is -0.133. The van der Waals surface area contributed by atoms with E-state index in [-0.39, 0.29) is 18.5 Å². The van der Waals surface area contributed by atoms with E-state index in [0.29, 0.717) is 29.0 Å². The minimum Gasteiger partial charge on any atom is -0.493 e. The third kappa shape index (κ3) is 3.83. The van der Waals surface area contributed by atoms with E-state index in [2.05, 4.69) is 5.10 Å². The Balaban J connectivity index is 1.53. The Morgan fingerprint density at radius 2 is 1.74 bits per heavy atom. The Morgan fingerprint density at radius 3 is 2.50 bits per heavy atom.